The summed E-state index contributed by atoms with van der Waals surface area (Å²) in [7, 11) is 0. The Balaban J connectivity index is 1.52. The zero-order valence-electron chi connectivity index (χ0n) is 12.3. The maximum atomic E-state index is 5.80. The minimum absolute atomic E-state index is 0.551. The van der Waals surface area contributed by atoms with E-state index in [4.69, 9.17) is 4.74 Å². The molecule has 3 rings (SSSR count). The van der Waals surface area contributed by atoms with E-state index in [-0.39, 0.29) is 0 Å². The van der Waals surface area contributed by atoms with E-state index in [1.807, 2.05) is 18.3 Å². The van der Waals surface area contributed by atoms with Crippen molar-refractivity contribution in [1.29, 1.82) is 0 Å². The fourth-order valence-electron chi connectivity index (χ4n) is 2.43. The highest BCUT2D eigenvalue weighted by atomic mass is 32.1. The van der Waals surface area contributed by atoms with Crippen LogP contribution >= 0.6 is 11.3 Å². The molecule has 0 saturated carbocycles. The molecule has 1 N–H and O–H groups in total. The molecule has 1 aromatic carbocycles. The summed E-state index contributed by atoms with van der Waals surface area (Å²) < 4.78 is 5.80. The summed E-state index contributed by atoms with van der Waals surface area (Å²) in [6.45, 7) is 8.03. The summed E-state index contributed by atoms with van der Waals surface area (Å²) in [6.07, 6.45) is 1.99. The largest absolute Gasteiger partial charge is 0.486 e. The number of piperazine rings is 1. The van der Waals surface area contributed by atoms with E-state index in [1.165, 1.54) is 10.4 Å². The average molecular weight is 303 g/mol. The van der Waals surface area contributed by atoms with E-state index >= 15 is 0 Å². The maximum absolute atomic E-state index is 5.80. The Morgan fingerprint density at radius 2 is 2.19 bits per heavy atom. The Labute approximate surface area is 129 Å². The molecule has 2 heterocycles. The standard InChI is InChI=1S/C16H21N3OS/c1-13-3-2-4-14(9-13)20-12-16-18-10-15(21-16)11-19-7-5-17-6-8-19/h2-4,9-10,17H,5-8,11-12H2,1H3. The van der Waals surface area contributed by atoms with E-state index in [9.17, 15) is 0 Å². The second kappa shape index (κ2) is 7.02. The van der Waals surface area contributed by atoms with Gasteiger partial charge in [-0.25, -0.2) is 4.98 Å². The molecule has 1 aliphatic rings. The Bertz CT molecular complexity index is 578. The molecule has 0 atom stereocenters. The predicted molar refractivity (Wildman–Crippen MR) is 85.8 cm³/mol. The zero-order chi connectivity index (χ0) is 14.5. The van der Waals surface area contributed by atoms with Gasteiger partial charge in [0.05, 0.1) is 0 Å². The van der Waals surface area contributed by atoms with Crippen molar-refractivity contribution in [3.05, 3.63) is 45.9 Å². The molecular weight excluding hydrogens is 282 g/mol. The molecule has 112 valence electrons. The molecule has 1 aromatic heterocycles. The number of aryl methyl sites for hydroxylation is 1. The lowest BCUT2D eigenvalue weighted by Crippen LogP contribution is -2.42. The number of nitrogens with zero attached hydrogens (tertiary/aromatic N) is 2. The van der Waals surface area contributed by atoms with Gasteiger partial charge in [0.2, 0.25) is 0 Å². The van der Waals surface area contributed by atoms with Gasteiger partial charge in [-0.1, -0.05) is 12.1 Å². The SMILES string of the molecule is Cc1cccc(OCc2ncc(CN3CCNCC3)s2)c1. The lowest BCUT2D eigenvalue weighted by molar-refractivity contribution is 0.235. The van der Waals surface area contributed by atoms with Gasteiger partial charge in [-0.15, -0.1) is 11.3 Å². The Morgan fingerprint density at radius 3 is 3.00 bits per heavy atom. The third-order valence-corrected chi connectivity index (χ3v) is 4.50. The predicted octanol–water partition coefficient (Wildman–Crippen LogP) is 2.44. The van der Waals surface area contributed by atoms with Crippen LogP contribution in [0.2, 0.25) is 0 Å². The fourth-order valence-corrected chi connectivity index (χ4v) is 3.31. The number of benzene rings is 1. The van der Waals surface area contributed by atoms with Gasteiger partial charge in [-0.3, -0.25) is 4.90 Å². The molecule has 1 aliphatic heterocycles. The molecule has 0 aliphatic carbocycles. The van der Waals surface area contributed by atoms with Crippen molar-refractivity contribution in [3.8, 4) is 5.75 Å². The molecule has 5 heteroatoms. The molecular formula is C16H21N3OS. The first-order valence-corrected chi connectivity index (χ1v) is 8.17. The van der Waals surface area contributed by atoms with Crippen molar-refractivity contribution >= 4 is 11.3 Å². The minimum atomic E-state index is 0.551. The summed E-state index contributed by atoms with van der Waals surface area (Å²) in [5.41, 5.74) is 1.21. The van der Waals surface area contributed by atoms with Crippen LogP contribution < -0.4 is 10.1 Å². The maximum Gasteiger partial charge on any atom is 0.140 e. The molecule has 0 spiro atoms. The van der Waals surface area contributed by atoms with Gasteiger partial charge >= 0.3 is 0 Å². The first-order chi connectivity index (χ1) is 10.3. The highest BCUT2D eigenvalue weighted by Crippen LogP contribution is 2.19. The summed E-state index contributed by atoms with van der Waals surface area (Å²) in [6, 6.07) is 8.13. The number of aromatic nitrogens is 1. The summed E-state index contributed by atoms with van der Waals surface area (Å²) in [5.74, 6) is 0.911. The smallest absolute Gasteiger partial charge is 0.140 e. The minimum Gasteiger partial charge on any atom is -0.486 e. The van der Waals surface area contributed by atoms with Crippen molar-refractivity contribution in [3.63, 3.8) is 0 Å². The molecule has 1 saturated heterocycles. The molecule has 0 unspecified atom stereocenters. The highest BCUT2D eigenvalue weighted by Gasteiger charge is 2.12. The third-order valence-electron chi connectivity index (χ3n) is 3.54. The van der Waals surface area contributed by atoms with Crippen LogP contribution in [0.5, 0.6) is 5.75 Å². The molecule has 1 fully saturated rings. The van der Waals surface area contributed by atoms with E-state index in [1.54, 1.807) is 11.3 Å². The molecule has 2 aromatic rings. The molecule has 0 radical (unpaired) electrons. The lowest BCUT2D eigenvalue weighted by Gasteiger charge is -2.26. The van der Waals surface area contributed by atoms with Gasteiger partial charge in [-0.2, -0.15) is 0 Å². The van der Waals surface area contributed by atoms with Crippen molar-refractivity contribution in [1.82, 2.24) is 15.2 Å². The number of nitrogens with one attached hydrogen (secondary N) is 1. The lowest BCUT2D eigenvalue weighted by atomic mass is 10.2. The van der Waals surface area contributed by atoms with Crippen molar-refractivity contribution in [2.75, 3.05) is 26.2 Å². The number of hydrogen-bond donors (Lipinski definition) is 1. The third kappa shape index (κ3) is 4.27. The highest BCUT2D eigenvalue weighted by molar-refractivity contribution is 7.11. The molecule has 0 amide bonds. The summed E-state index contributed by atoms with van der Waals surface area (Å²) in [5, 5.41) is 4.42. The topological polar surface area (TPSA) is 37.4 Å². The van der Waals surface area contributed by atoms with Crippen molar-refractivity contribution in [2.24, 2.45) is 0 Å². The Morgan fingerprint density at radius 1 is 1.33 bits per heavy atom. The van der Waals surface area contributed by atoms with Gasteiger partial charge in [0.15, 0.2) is 0 Å². The average Bonchev–Trinajstić information content (AvgIpc) is 2.94. The zero-order valence-corrected chi connectivity index (χ0v) is 13.2. The van der Waals surface area contributed by atoms with Crippen LogP contribution in [0.25, 0.3) is 0 Å². The Kier molecular flexibility index (Phi) is 4.85. The molecule has 0 bridgehead atoms. The van der Waals surface area contributed by atoms with Gasteiger partial charge < -0.3 is 10.1 Å². The van der Waals surface area contributed by atoms with Crippen molar-refractivity contribution in [2.45, 2.75) is 20.1 Å². The quantitative estimate of drug-likeness (QED) is 0.920. The van der Waals surface area contributed by atoms with E-state index in [0.29, 0.717) is 6.61 Å². The first kappa shape index (κ1) is 14.5. The number of hydrogen-bond acceptors (Lipinski definition) is 5. The number of thiazole rings is 1. The van der Waals surface area contributed by atoms with Gasteiger partial charge in [0.1, 0.15) is 17.4 Å². The van der Waals surface area contributed by atoms with Crippen LogP contribution in [0.4, 0.5) is 0 Å². The monoisotopic (exact) mass is 303 g/mol. The Hall–Kier alpha value is -1.43. The van der Waals surface area contributed by atoms with Gasteiger partial charge in [0, 0.05) is 43.8 Å². The van der Waals surface area contributed by atoms with Gasteiger partial charge in [-0.05, 0) is 24.6 Å². The summed E-state index contributed by atoms with van der Waals surface area (Å²) in [4.78, 5) is 8.26. The van der Waals surface area contributed by atoms with Gasteiger partial charge in [0.25, 0.3) is 0 Å². The summed E-state index contributed by atoms with van der Waals surface area (Å²) >= 11 is 1.75. The second-order valence-electron chi connectivity index (χ2n) is 5.35. The van der Waals surface area contributed by atoms with E-state index in [2.05, 4.69) is 34.3 Å². The number of ether oxygens (including phenoxy) is 1. The van der Waals surface area contributed by atoms with Crippen LogP contribution in [0.3, 0.4) is 0 Å². The second-order valence-corrected chi connectivity index (χ2v) is 6.55. The first-order valence-electron chi connectivity index (χ1n) is 7.36. The fraction of sp³-hybridized carbons (Fsp3) is 0.438. The number of rotatable bonds is 5. The van der Waals surface area contributed by atoms with Crippen LogP contribution in [-0.2, 0) is 13.2 Å². The van der Waals surface area contributed by atoms with Crippen LogP contribution in [0.1, 0.15) is 15.4 Å². The van der Waals surface area contributed by atoms with Crippen molar-refractivity contribution < 1.29 is 4.74 Å². The molecule has 4 nitrogen and oxygen atoms in total. The van der Waals surface area contributed by atoms with Crippen LogP contribution in [0, 0.1) is 6.92 Å². The van der Waals surface area contributed by atoms with E-state index in [0.717, 1.165) is 43.5 Å². The van der Waals surface area contributed by atoms with E-state index < -0.39 is 0 Å². The normalized spacial score (nSPS) is 16.0. The van der Waals surface area contributed by atoms with Crippen LogP contribution in [-0.4, -0.2) is 36.1 Å². The van der Waals surface area contributed by atoms with Crippen LogP contribution in [0.15, 0.2) is 30.5 Å². The molecule has 21 heavy (non-hydrogen) atoms.